The van der Waals surface area contributed by atoms with Crippen LogP contribution in [-0.4, -0.2) is 45.3 Å². The smallest absolute Gasteiger partial charge is 0.123 e. The number of benzene rings is 1. The molecule has 1 aliphatic rings. The van der Waals surface area contributed by atoms with Gasteiger partial charge in [-0.25, -0.2) is 0 Å². The van der Waals surface area contributed by atoms with Crippen LogP contribution >= 0.6 is 0 Å². The Kier molecular flexibility index (Phi) is 5.68. The lowest BCUT2D eigenvalue weighted by Gasteiger charge is -2.35. The van der Waals surface area contributed by atoms with E-state index < -0.39 is 0 Å². The first-order valence-corrected chi connectivity index (χ1v) is 7.46. The third-order valence-corrected chi connectivity index (χ3v) is 3.95. The Labute approximate surface area is 122 Å². The summed E-state index contributed by atoms with van der Waals surface area (Å²) in [5.74, 6) is 1.86. The Morgan fingerprint density at radius 1 is 1.20 bits per heavy atom. The summed E-state index contributed by atoms with van der Waals surface area (Å²) < 4.78 is 10.9. The van der Waals surface area contributed by atoms with Gasteiger partial charge in [0.25, 0.3) is 0 Å². The van der Waals surface area contributed by atoms with Crippen LogP contribution < -0.4 is 14.8 Å². The van der Waals surface area contributed by atoms with E-state index in [0.29, 0.717) is 6.04 Å². The van der Waals surface area contributed by atoms with E-state index in [0.717, 1.165) is 50.5 Å². The van der Waals surface area contributed by atoms with Gasteiger partial charge >= 0.3 is 0 Å². The minimum atomic E-state index is 0.409. The average Bonchev–Trinajstić information content (AvgIpc) is 2.53. The Hall–Kier alpha value is -1.26. The van der Waals surface area contributed by atoms with E-state index in [1.54, 1.807) is 14.2 Å². The van der Waals surface area contributed by atoms with Crippen molar-refractivity contribution in [1.82, 2.24) is 10.2 Å². The first-order chi connectivity index (χ1) is 9.80. The van der Waals surface area contributed by atoms with E-state index in [9.17, 15) is 0 Å². The zero-order valence-corrected chi connectivity index (χ0v) is 12.8. The molecule has 0 aromatic heterocycles. The van der Waals surface area contributed by atoms with Crippen LogP contribution in [-0.2, 0) is 0 Å². The molecule has 2 rings (SSSR count). The highest BCUT2D eigenvalue weighted by Gasteiger charge is 2.24. The first-order valence-electron chi connectivity index (χ1n) is 7.46. The molecule has 0 bridgehead atoms. The summed E-state index contributed by atoms with van der Waals surface area (Å²) in [6.07, 6.45) is 2.30. The van der Waals surface area contributed by atoms with E-state index in [1.807, 2.05) is 12.1 Å². The van der Waals surface area contributed by atoms with Crippen molar-refractivity contribution in [2.45, 2.75) is 25.8 Å². The minimum Gasteiger partial charge on any atom is -0.497 e. The number of rotatable bonds is 6. The Bertz CT molecular complexity index is 417. The van der Waals surface area contributed by atoms with Gasteiger partial charge < -0.3 is 14.8 Å². The Balaban J connectivity index is 2.30. The number of nitrogens with one attached hydrogen (secondary N) is 1. The van der Waals surface area contributed by atoms with Crippen molar-refractivity contribution >= 4 is 0 Å². The van der Waals surface area contributed by atoms with Crippen LogP contribution in [0.5, 0.6) is 11.5 Å². The number of piperazine rings is 1. The van der Waals surface area contributed by atoms with Gasteiger partial charge in [-0.3, -0.25) is 4.90 Å². The lowest BCUT2D eigenvalue weighted by atomic mass is 9.98. The maximum absolute atomic E-state index is 5.57. The molecule has 112 valence electrons. The number of methoxy groups -OCH3 is 2. The van der Waals surface area contributed by atoms with E-state index >= 15 is 0 Å². The zero-order valence-electron chi connectivity index (χ0n) is 12.8. The van der Waals surface area contributed by atoms with Gasteiger partial charge in [0.2, 0.25) is 0 Å². The number of ether oxygens (including phenoxy) is 2. The monoisotopic (exact) mass is 278 g/mol. The van der Waals surface area contributed by atoms with Gasteiger partial charge in [-0.15, -0.1) is 0 Å². The maximum atomic E-state index is 5.57. The molecule has 20 heavy (non-hydrogen) atoms. The van der Waals surface area contributed by atoms with Gasteiger partial charge in [0.1, 0.15) is 11.5 Å². The topological polar surface area (TPSA) is 33.7 Å². The molecule has 1 aromatic carbocycles. The van der Waals surface area contributed by atoms with Crippen LogP contribution in [0.15, 0.2) is 18.2 Å². The van der Waals surface area contributed by atoms with Crippen LogP contribution in [0, 0.1) is 0 Å². The molecular weight excluding hydrogens is 252 g/mol. The normalized spacial score (nSPS) is 17.8. The van der Waals surface area contributed by atoms with Crippen molar-refractivity contribution in [3.8, 4) is 11.5 Å². The third-order valence-electron chi connectivity index (χ3n) is 3.95. The van der Waals surface area contributed by atoms with Crippen LogP contribution in [0.4, 0.5) is 0 Å². The number of hydrogen-bond donors (Lipinski definition) is 1. The molecule has 1 saturated heterocycles. The lowest BCUT2D eigenvalue weighted by molar-refractivity contribution is 0.161. The highest BCUT2D eigenvalue weighted by atomic mass is 16.5. The average molecular weight is 278 g/mol. The molecule has 0 saturated carbocycles. The molecule has 0 spiro atoms. The highest BCUT2D eigenvalue weighted by molar-refractivity contribution is 5.42. The largest absolute Gasteiger partial charge is 0.497 e. The summed E-state index contributed by atoms with van der Waals surface area (Å²) in [4.78, 5) is 2.55. The number of hydrogen-bond acceptors (Lipinski definition) is 4. The summed E-state index contributed by atoms with van der Waals surface area (Å²) in [7, 11) is 3.46. The quantitative estimate of drug-likeness (QED) is 0.866. The standard InChI is InChI=1S/C16H26N2O2/c1-4-5-15(18-10-8-17-9-11-18)14-12-13(19-2)6-7-16(14)20-3/h6-7,12,15,17H,4-5,8-11H2,1-3H3/t15-/m1/s1. The molecule has 0 aliphatic carbocycles. The van der Waals surface area contributed by atoms with Crippen LogP contribution in [0.25, 0.3) is 0 Å². The molecule has 0 radical (unpaired) electrons. The van der Waals surface area contributed by atoms with E-state index in [1.165, 1.54) is 5.56 Å². The van der Waals surface area contributed by atoms with E-state index in [4.69, 9.17) is 9.47 Å². The van der Waals surface area contributed by atoms with Gasteiger partial charge in [0, 0.05) is 37.8 Å². The molecule has 1 N–H and O–H groups in total. The van der Waals surface area contributed by atoms with Gasteiger partial charge in [0.05, 0.1) is 14.2 Å². The Morgan fingerprint density at radius 3 is 2.55 bits per heavy atom. The van der Waals surface area contributed by atoms with E-state index in [2.05, 4.69) is 23.2 Å². The molecule has 0 amide bonds. The number of nitrogens with zero attached hydrogens (tertiary/aromatic N) is 1. The van der Waals surface area contributed by atoms with E-state index in [-0.39, 0.29) is 0 Å². The van der Waals surface area contributed by atoms with Crippen molar-refractivity contribution < 1.29 is 9.47 Å². The molecule has 0 unspecified atom stereocenters. The molecule has 1 fully saturated rings. The molecule has 1 atom stereocenters. The van der Waals surface area contributed by atoms with Crippen LogP contribution in [0.3, 0.4) is 0 Å². The summed E-state index contributed by atoms with van der Waals surface area (Å²) in [5.41, 5.74) is 1.25. The lowest BCUT2D eigenvalue weighted by Crippen LogP contribution is -2.45. The molecular formula is C16H26N2O2. The molecule has 1 aromatic rings. The predicted molar refractivity (Wildman–Crippen MR) is 81.6 cm³/mol. The second-order valence-electron chi connectivity index (χ2n) is 5.20. The highest BCUT2D eigenvalue weighted by Crippen LogP contribution is 2.35. The fourth-order valence-corrected chi connectivity index (χ4v) is 2.90. The first kappa shape index (κ1) is 15.1. The van der Waals surface area contributed by atoms with Gasteiger partial charge in [-0.2, -0.15) is 0 Å². The maximum Gasteiger partial charge on any atom is 0.123 e. The van der Waals surface area contributed by atoms with Crippen LogP contribution in [0.1, 0.15) is 31.4 Å². The zero-order chi connectivity index (χ0) is 14.4. The molecule has 4 nitrogen and oxygen atoms in total. The van der Waals surface area contributed by atoms with Crippen LogP contribution in [0.2, 0.25) is 0 Å². The predicted octanol–water partition coefficient (Wildman–Crippen LogP) is 2.45. The Morgan fingerprint density at radius 2 is 1.95 bits per heavy atom. The molecule has 4 heteroatoms. The van der Waals surface area contributed by atoms with Gasteiger partial charge in [0.15, 0.2) is 0 Å². The summed E-state index contributed by atoms with van der Waals surface area (Å²) >= 11 is 0. The summed E-state index contributed by atoms with van der Waals surface area (Å²) in [6.45, 7) is 6.54. The van der Waals surface area contributed by atoms with Crippen molar-refractivity contribution in [3.63, 3.8) is 0 Å². The van der Waals surface area contributed by atoms with Gasteiger partial charge in [-0.1, -0.05) is 13.3 Å². The second-order valence-corrected chi connectivity index (χ2v) is 5.20. The van der Waals surface area contributed by atoms with Crippen molar-refractivity contribution in [2.24, 2.45) is 0 Å². The van der Waals surface area contributed by atoms with Crippen molar-refractivity contribution in [3.05, 3.63) is 23.8 Å². The molecule has 1 heterocycles. The van der Waals surface area contributed by atoms with Crippen molar-refractivity contribution in [2.75, 3.05) is 40.4 Å². The van der Waals surface area contributed by atoms with Gasteiger partial charge in [-0.05, 0) is 24.6 Å². The minimum absolute atomic E-state index is 0.409. The fourth-order valence-electron chi connectivity index (χ4n) is 2.90. The summed E-state index contributed by atoms with van der Waals surface area (Å²) in [6, 6.07) is 6.51. The second kappa shape index (κ2) is 7.50. The van der Waals surface area contributed by atoms with Crippen molar-refractivity contribution in [1.29, 1.82) is 0 Å². The molecule has 1 aliphatic heterocycles. The SMILES string of the molecule is CCC[C@H](c1cc(OC)ccc1OC)N1CCNCC1. The summed E-state index contributed by atoms with van der Waals surface area (Å²) in [5, 5.41) is 3.42. The third kappa shape index (κ3) is 3.44. The fraction of sp³-hybridized carbons (Fsp3) is 0.625.